The summed E-state index contributed by atoms with van der Waals surface area (Å²) >= 11 is 0. The van der Waals surface area contributed by atoms with E-state index in [1.807, 2.05) is 6.92 Å². The first-order chi connectivity index (χ1) is 7.72. The summed E-state index contributed by atoms with van der Waals surface area (Å²) in [5.41, 5.74) is 3.29. The van der Waals surface area contributed by atoms with Gasteiger partial charge in [-0.2, -0.15) is 0 Å². The Morgan fingerprint density at radius 1 is 1.38 bits per heavy atom. The van der Waals surface area contributed by atoms with Crippen LogP contribution in [0.1, 0.15) is 24.6 Å². The van der Waals surface area contributed by atoms with E-state index >= 15 is 0 Å². The predicted octanol–water partition coefficient (Wildman–Crippen LogP) is 3.12. The molecule has 0 amide bonds. The third-order valence-corrected chi connectivity index (χ3v) is 2.81. The van der Waals surface area contributed by atoms with Crippen LogP contribution in [0.3, 0.4) is 0 Å². The van der Waals surface area contributed by atoms with Crippen LogP contribution in [-0.4, -0.2) is 11.5 Å². The van der Waals surface area contributed by atoms with Gasteiger partial charge in [0.25, 0.3) is 0 Å². The molecule has 1 aromatic carbocycles. The number of aryl methyl sites for hydroxylation is 1. The maximum Gasteiger partial charge on any atom is 0.123 e. The molecule has 0 saturated carbocycles. The van der Waals surface area contributed by atoms with Gasteiger partial charge < -0.3 is 10.3 Å². The maximum absolute atomic E-state index is 13.2. The molecular formula is C13H17FN2. The highest BCUT2D eigenvalue weighted by Gasteiger charge is 2.08. The number of fused-ring (bicyclic) bond motifs is 1. The second kappa shape index (κ2) is 4.66. The van der Waals surface area contributed by atoms with Gasteiger partial charge in [0.15, 0.2) is 0 Å². The fraction of sp³-hybridized carbons (Fsp3) is 0.385. The molecule has 0 aliphatic heterocycles. The molecule has 0 saturated heterocycles. The van der Waals surface area contributed by atoms with Gasteiger partial charge in [0.1, 0.15) is 5.82 Å². The molecule has 16 heavy (non-hydrogen) atoms. The summed E-state index contributed by atoms with van der Waals surface area (Å²) in [4.78, 5) is 3.27. The zero-order chi connectivity index (χ0) is 11.5. The van der Waals surface area contributed by atoms with E-state index in [2.05, 4.69) is 17.2 Å². The van der Waals surface area contributed by atoms with E-state index in [1.54, 1.807) is 12.1 Å². The topological polar surface area (TPSA) is 27.8 Å². The van der Waals surface area contributed by atoms with Gasteiger partial charge in [-0.25, -0.2) is 4.39 Å². The number of nitrogens with one attached hydrogen (secondary N) is 2. The summed E-state index contributed by atoms with van der Waals surface area (Å²) in [5, 5.41) is 4.33. The summed E-state index contributed by atoms with van der Waals surface area (Å²) in [5.74, 6) is -0.178. The molecule has 3 heteroatoms. The zero-order valence-corrected chi connectivity index (χ0v) is 9.73. The number of H-pyrrole nitrogens is 1. The Bertz CT molecular complexity index is 488. The molecule has 0 aliphatic carbocycles. The molecule has 1 aromatic heterocycles. The van der Waals surface area contributed by atoms with Crippen LogP contribution in [0.4, 0.5) is 4.39 Å². The molecule has 86 valence electrons. The van der Waals surface area contributed by atoms with Gasteiger partial charge >= 0.3 is 0 Å². The van der Waals surface area contributed by atoms with Crippen molar-refractivity contribution in [3.8, 4) is 0 Å². The lowest BCUT2D eigenvalue weighted by Crippen LogP contribution is -2.14. The summed E-state index contributed by atoms with van der Waals surface area (Å²) < 4.78 is 13.2. The van der Waals surface area contributed by atoms with Gasteiger partial charge in [-0.15, -0.1) is 0 Å². The maximum atomic E-state index is 13.2. The first kappa shape index (κ1) is 11.1. The molecule has 0 radical (unpaired) electrons. The summed E-state index contributed by atoms with van der Waals surface area (Å²) in [6, 6.07) is 4.88. The van der Waals surface area contributed by atoms with Gasteiger partial charge in [0.05, 0.1) is 0 Å². The molecule has 0 fully saturated rings. The highest BCUT2D eigenvalue weighted by atomic mass is 19.1. The average molecular weight is 220 g/mol. The Kier molecular flexibility index (Phi) is 3.25. The molecule has 2 rings (SSSR count). The molecule has 0 aliphatic rings. The van der Waals surface area contributed by atoms with Crippen LogP contribution in [-0.2, 0) is 6.54 Å². The highest BCUT2D eigenvalue weighted by Crippen LogP contribution is 2.22. The average Bonchev–Trinajstić information content (AvgIpc) is 2.56. The summed E-state index contributed by atoms with van der Waals surface area (Å²) in [6.45, 7) is 5.94. The van der Waals surface area contributed by atoms with Crippen molar-refractivity contribution in [2.45, 2.75) is 26.8 Å². The lowest BCUT2D eigenvalue weighted by atomic mass is 10.1. The molecule has 0 unspecified atom stereocenters. The quantitative estimate of drug-likeness (QED) is 0.761. The van der Waals surface area contributed by atoms with Crippen molar-refractivity contribution in [1.29, 1.82) is 0 Å². The second-order valence-corrected chi connectivity index (χ2v) is 4.10. The minimum absolute atomic E-state index is 0.178. The summed E-state index contributed by atoms with van der Waals surface area (Å²) in [7, 11) is 0. The molecule has 0 spiro atoms. The third-order valence-electron chi connectivity index (χ3n) is 2.81. The van der Waals surface area contributed by atoms with E-state index < -0.39 is 0 Å². The van der Waals surface area contributed by atoms with E-state index in [0.717, 1.165) is 36.1 Å². The van der Waals surface area contributed by atoms with E-state index in [4.69, 9.17) is 0 Å². The van der Waals surface area contributed by atoms with Crippen LogP contribution in [0.5, 0.6) is 0 Å². The van der Waals surface area contributed by atoms with Crippen LogP contribution >= 0.6 is 0 Å². The van der Waals surface area contributed by atoms with Crippen molar-refractivity contribution in [2.75, 3.05) is 6.54 Å². The molecule has 0 bridgehead atoms. The Morgan fingerprint density at radius 2 is 2.19 bits per heavy atom. The molecule has 0 atom stereocenters. The number of hydrogen-bond donors (Lipinski definition) is 2. The molecule has 1 heterocycles. The van der Waals surface area contributed by atoms with Crippen LogP contribution < -0.4 is 5.32 Å². The standard InChI is InChI=1S/C13H17FN2/c1-3-6-15-8-12-9(2)16-13-5-4-10(14)7-11(12)13/h4-5,7,15-16H,3,6,8H2,1-2H3. The number of rotatable bonds is 4. The Labute approximate surface area is 94.9 Å². The first-order valence-corrected chi connectivity index (χ1v) is 5.69. The van der Waals surface area contributed by atoms with E-state index in [0.29, 0.717) is 0 Å². The predicted molar refractivity (Wildman–Crippen MR) is 65.0 cm³/mol. The van der Waals surface area contributed by atoms with Gasteiger partial charge in [-0.1, -0.05) is 6.92 Å². The van der Waals surface area contributed by atoms with Crippen LogP contribution in [0.15, 0.2) is 18.2 Å². The zero-order valence-electron chi connectivity index (χ0n) is 9.73. The van der Waals surface area contributed by atoms with Gasteiger partial charge in [-0.3, -0.25) is 0 Å². The van der Waals surface area contributed by atoms with Crippen molar-refractivity contribution in [1.82, 2.24) is 10.3 Å². The largest absolute Gasteiger partial charge is 0.358 e. The van der Waals surface area contributed by atoms with E-state index in [1.165, 1.54) is 11.6 Å². The molecule has 2 N–H and O–H groups in total. The lowest BCUT2D eigenvalue weighted by molar-refractivity contribution is 0.629. The van der Waals surface area contributed by atoms with E-state index in [9.17, 15) is 4.39 Å². The smallest absolute Gasteiger partial charge is 0.123 e. The van der Waals surface area contributed by atoms with Crippen molar-refractivity contribution in [3.63, 3.8) is 0 Å². The summed E-state index contributed by atoms with van der Waals surface area (Å²) in [6.07, 6.45) is 1.11. The van der Waals surface area contributed by atoms with Crippen molar-refractivity contribution in [2.24, 2.45) is 0 Å². The Balaban J connectivity index is 2.34. The van der Waals surface area contributed by atoms with Crippen molar-refractivity contribution in [3.05, 3.63) is 35.3 Å². The minimum atomic E-state index is -0.178. The first-order valence-electron chi connectivity index (χ1n) is 5.69. The Morgan fingerprint density at radius 3 is 2.94 bits per heavy atom. The van der Waals surface area contributed by atoms with Crippen LogP contribution in [0.2, 0.25) is 0 Å². The number of halogens is 1. The van der Waals surface area contributed by atoms with Crippen LogP contribution in [0, 0.1) is 12.7 Å². The number of aromatic amines is 1. The molecular weight excluding hydrogens is 203 g/mol. The van der Waals surface area contributed by atoms with Gasteiger partial charge in [0, 0.05) is 23.1 Å². The van der Waals surface area contributed by atoms with Crippen LogP contribution in [0.25, 0.3) is 10.9 Å². The van der Waals surface area contributed by atoms with E-state index in [-0.39, 0.29) is 5.82 Å². The minimum Gasteiger partial charge on any atom is -0.358 e. The van der Waals surface area contributed by atoms with Gasteiger partial charge in [0.2, 0.25) is 0 Å². The monoisotopic (exact) mass is 220 g/mol. The third kappa shape index (κ3) is 2.09. The lowest BCUT2D eigenvalue weighted by Gasteiger charge is -2.03. The normalized spacial score (nSPS) is 11.2. The second-order valence-electron chi connectivity index (χ2n) is 4.10. The highest BCUT2D eigenvalue weighted by molar-refractivity contribution is 5.84. The SMILES string of the molecule is CCCNCc1c(C)[nH]c2ccc(F)cc12. The van der Waals surface area contributed by atoms with Crippen molar-refractivity contribution < 1.29 is 4.39 Å². The number of hydrogen-bond acceptors (Lipinski definition) is 1. The number of aromatic nitrogens is 1. The fourth-order valence-corrected chi connectivity index (χ4v) is 1.97. The number of benzene rings is 1. The Hall–Kier alpha value is -1.35. The van der Waals surface area contributed by atoms with Gasteiger partial charge in [-0.05, 0) is 43.7 Å². The fourth-order valence-electron chi connectivity index (χ4n) is 1.97. The molecule has 2 nitrogen and oxygen atoms in total. The van der Waals surface area contributed by atoms with Crippen molar-refractivity contribution >= 4 is 10.9 Å². The molecule has 2 aromatic rings.